The van der Waals surface area contributed by atoms with E-state index in [2.05, 4.69) is 0 Å². The summed E-state index contributed by atoms with van der Waals surface area (Å²) in [4.78, 5) is 0. The van der Waals surface area contributed by atoms with Crippen LogP contribution in [0.2, 0.25) is 0 Å². The molecule has 0 aliphatic rings. The van der Waals surface area contributed by atoms with Gasteiger partial charge in [-0.3, -0.25) is 0 Å². The van der Waals surface area contributed by atoms with Crippen LogP contribution in [-0.2, 0) is 0 Å². The summed E-state index contributed by atoms with van der Waals surface area (Å²) in [5.74, 6) is 0.452. The molecule has 0 atom stereocenters. The molecule has 0 aliphatic carbocycles. The molecule has 1 N–H and O–H groups in total. The van der Waals surface area contributed by atoms with Crippen LogP contribution in [0.1, 0.15) is 18.9 Å². The average molecular weight is 177 g/mol. The quantitative estimate of drug-likeness (QED) is 0.768. The van der Waals surface area contributed by atoms with E-state index >= 15 is 0 Å². The second-order valence-electron chi connectivity index (χ2n) is 2.64. The molecule has 0 fully saturated rings. The minimum absolute atomic E-state index is 0.0208. The fraction of sp³-hybridized carbons (Fsp3) is 0.300. The van der Waals surface area contributed by atoms with Gasteiger partial charge in [-0.15, -0.1) is 0 Å². The highest BCUT2D eigenvalue weighted by molar-refractivity contribution is 5.45. The Hall–Kier alpha value is -1.69. The van der Waals surface area contributed by atoms with Gasteiger partial charge in [-0.2, -0.15) is 5.26 Å². The van der Waals surface area contributed by atoms with Crippen LogP contribution in [0.15, 0.2) is 18.2 Å². The van der Waals surface area contributed by atoms with Gasteiger partial charge in [0.1, 0.15) is 0 Å². The summed E-state index contributed by atoms with van der Waals surface area (Å²) >= 11 is 0. The maximum atomic E-state index is 9.37. The van der Waals surface area contributed by atoms with Crippen LogP contribution in [0.5, 0.6) is 11.5 Å². The second kappa shape index (κ2) is 4.36. The van der Waals surface area contributed by atoms with Gasteiger partial charge < -0.3 is 9.84 Å². The first kappa shape index (κ1) is 9.40. The van der Waals surface area contributed by atoms with Crippen LogP contribution < -0.4 is 4.74 Å². The number of aromatic hydroxyl groups is 1. The van der Waals surface area contributed by atoms with Crippen molar-refractivity contribution < 1.29 is 9.84 Å². The van der Waals surface area contributed by atoms with E-state index in [1.807, 2.05) is 13.0 Å². The Morgan fingerprint density at radius 3 is 2.85 bits per heavy atom. The Kier molecular flexibility index (Phi) is 3.15. The molecule has 0 amide bonds. The molecular weight excluding hydrogens is 166 g/mol. The Labute approximate surface area is 77.2 Å². The monoisotopic (exact) mass is 177 g/mol. The Bertz CT molecular complexity index is 328. The molecule has 3 nitrogen and oxygen atoms in total. The van der Waals surface area contributed by atoms with Crippen LogP contribution >= 0.6 is 0 Å². The number of benzene rings is 1. The summed E-state index contributed by atoms with van der Waals surface area (Å²) in [6.07, 6.45) is 0.888. The van der Waals surface area contributed by atoms with E-state index in [9.17, 15) is 5.11 Å². The van der Waals surface area contributed by atoms with E-state index in [0.29, 0.717) is 17.9 Å². The molecule has 1 rings (SSSR count). The van der Waals surface area contributed by atoms with Gasteiger partial charge in [0, 0.05) is 6.07 Å². The van der Waals surface area contributed by atoms with E-state index in [4.69, 9.17) is 10.00 Å². The van der Waals surface area contributed by atoms with E-state index in [-0.39, 0.29) is 5.75 Å². The molecule has 1 aromatic carbocycles. The molecule has 0 aliphatic heterocycles. The predicted octanol–water partition coefficient (Wildman–Crippen LogP) is 2.05. The number of nitriles is 1. The lowest BCUT2D eigenvalue weighted by Crippen LogP contribution is -1.95. The number of nitrogens with zero attached hydrogens (tertiary/aromatic N) is 1. The van der Waals surface area contributed by atoms with Gasteiger partial charge in [0.05, 0.1) is 18.2 Å². The zero-order valence-electron chi connectivity index (χ0n) is 7.45. The second-order valence-corrected chi connectivity index (χ2v) is 2.64. The standard InChI is InChI=1S/C10H11NO2/c1-2-5-13-10-4-3-8(7-11)6-9(10)12/h3-4,6,12H,2,5H2,1H3. The van der Waals surface area contributed by atoms with Gasteiger partial charge >= 0.3 is 0 Å². The minimum Gasteiger partial charge on any atom is -0.504 e. The molecule has 0 radical (unpaired) electrons. The molecule has 0 spiro atoms. The first-order valence-corrected chi connectivity index (χ1v) is 4.14. The summed E-state index contributed by atoms with van der Waals surface area (Å²) < 4.78 is 5.23. The van der Waals surface area contributed by atoms with Gasteiger partial charge in [-0.05, 0) is 18.6 Å². The SMILES string of the molecule is CCCOc1ccc(C#N)cc1O. The van der Waals surface area contributed by atoms with Gasteiger partial charge in [0.25, 0.3) is 0 Å². The van der Waals surface area contributed by atoms with E-state index in [1.54, 1.807) is 12.1 Å². The summed E-state index contributed by atoms with van der Waals surface area (Å²) in [6, 6.07) is 6.55. The lowest BCUT2D eigenvalue weighted by molar-refractivity contribution is 0.299. The number of hydrogen-bond acceptors (Lipinski definition) is 3. The minimum atomic E-state index is 0.0208. The lowest BCUT2D eigenvalue weighted by Gasteiger charge is -2.05. The Balaban J connectivity index is 2.81. The highest BCUT2D eigenvalue weighted by Gasteiger charge is 2.02. The average Bonchev–Trinajstić information content (AvgIpc) is 2.16. The normalized spacial score (nSPS) is 9.23. The van der Waals surface area contributed by atoms with Crippen molar-refractivity contribution in [1.82, 2.24) is 0 Å². The first-order chi connectivity index (χ1) is 6.27. The maximum Gasteiger partial charge on any atom is 0.160 e. The van der Waals surface area contributed by atoms with Crippen molar-refractivity contribution >= 4 is 0 Å². The topological polar surface area (TPSA) is 53.2 Å². The zero-order chi connectivity index (χ0) is 9.68. The van der Waals surface area contributed by atoms with E-state index in [0.717, 1.165) is 6.42 Å². The molecular formula is C10H11NO2. The van der Waals surface area contributed by atoms with Crippen molar-refractivity contribution in [3.63, 3.8) is 0 Å². The third kappa shape index (κ3) is 2.38. The summed E-state index contributed by atoms with van der Waals surface area (Å²) in [7, 11) is 0. The summed E-state index contributed by atoms with van der Waals surface area (Å²) in [5, 5.41) is 17.9. The van der Waals surface area contributed by atoms with Crippen LogP contribution in [0.25, 0.3) is 0 Å². The number of phenolic OH excluding ortho intramolecular Hbond substituents is 1. The van der Waals surface area contributed by atoms with Gasteiger partial charge in [0.2, 0.25) is 0 Å². The number of ether oxygens (including phenoxy) is 1. The highest BCUT2D eigenvalue weighted by atomic mass is 16.5. The molecule has 68 valence electrons. The zero-order valence-corrected chi connectivity index (χ0v) is 7.45. The van der Waals surface area contributed by atoms with E-state index < -0.39 is 0 Å². The molecule has 0 saturated heterocycles. The van der Waals surface area contributed by atoms with Crippen molar-refractivity contribution in [2.24, 2.45) is 0 Å². The molecule has 0 heterocycles. The van der Waals surface area contributed by atoms with Gasteiger partial charge in [-0.25, -0.2) is 0 Å². The van der Waals surface area contributed by atoms with Gasteiger partial charge in [-0.1, -0.05) is 6.92 Å². The van der Waals surface area contributed by atoms with Crippen molar-refractivity contribution in [2.45, 2.75) is 13.3 Å². The molecule has 3 heteroatoms. The summed E-state index contributed by atoms with van der Waals surface area (Å²) in [5.41, 5.74) is 0.432. The number of hydrogen-bond donors (Lipinski definition) is 1. The molecule has 0 bridgehead atoms. The van der Waals surface area contributed by atoms with Crippen molar-refractivity contribution in [3.8, 4) is 17.6 Å². The molecule has 0 unspecified atom stereocenters. The van der Waals surface area contributed by atoms with E-state index in [1.165, 1.54) is 6.07 Å². The first-order valence-electron chi connectivity index (χ1n) is 4.14. The smallest absolute Gasteiger partial charge is 0.160 e. The van der Waals surface area contributed by atoms with Crippen LogP contribution in [0.4, 0.5) is 0 Å². The fourth-order valence-electron chi connectivity index (χ4n) is 0.921. The molecule has 13 heavy (non-hydrogen) atoms. The molecule has 0 aromatic heterocycles. The lowest BCUT2D eigenvalue weighted by atomic mass is 10.2. The Morgan fingerprint density at radius 1 is 1.54 bits per heavy atom. The third-order valence-electron chi connectivity index (χ3n) is 1.55. The highest BCUT2D eigenvalue weighted by Crippen LogP contribution is 2.26. The number of phenols is 1. The van der Waals surface area contributed by atoms with Crippen molar-refractivity contribution in [3.05, 3.63) is 23.8 Å². The largest absolute Gasteiger partial charge is 0.504 e. The van der Waals surface area contributed by atoms with Crippen LogP contribution in [-0.4, -0.2) is 11.7 Å². The maximum absolute atomic E-state index is 9.37. The third-order valence-corrected chi connectivity index (χ3v) is 1.55. The van der Waals surface area contributed by atoms with Crippen molar-refractivity contribution in [2.75, 3.05) is 6.61 Å². The predicted molar refractivity (Wildman–Crippen MR) is 48.6 cm³/mol. The van der Waals surface area contributed by atoms with Crippen LogP contribution in [0, 0.1) is 11.3 Å². The summed E-state index contributed by atoms with van der Waals surface area (Å²) in [6.45, 7) is 2.56. The van der Waals surface area contributed by atoms with Gasteiger partial charge in [0.15, 0.2) is 11.5 Å². The molecule has 0 saturated carbocycles. The van der Waals surface area contributed by atoms with Crippen LogP contribution in [0.3, 0.4) is 0 Å². The van der Waals surface area contributed by atoms with Crippen molar-refractivity contribution in [1.29, 1.82) is 5.26 Å². The fourth-order valence-corrected chi connectivity index (χ4v) is 0.921. The Morgan fingerprint density at radius 2 is 2.31 bits per heavy atom. The number of rotatable bonds is 3. The molecule has 1 aromatic rings.